The molecule has 1 aromatic carbocycles. The fourth-order valence-electron chi connectivity index (χ4n) is 2.88. The molecule has 0 spiro atoms. The van der Waals surface area contributed by atoms with E-state index in [1.165, 1.54) is 11.1 Å². The van der Waals surface area contributed by atoms with Gasteiger partial charge in [-0.25, -0.2) is 0 Å². The first-order valence-corrected chi connectivity index (χ1v) is 9.41. The predicted molar refractivity (Wildman–Crippen MR) is 106 cm³/mol. The van der Waals surface area contributed by atoms with Crippen LogP contribution in [0.2, 0.25) is 0 Å². The van der Waals surface area contributed by atoms with Gasteiger partial charge in [-0.2, -0.15) is 0 Å². The highest BCUT2D eigenvalue weighted by molar-refractivity contribution is 6.29. The van der Waals surface area contributed by atoms with Gasteiger partial charge in [0.15, 0.2) is 0 Å². The second kappa shape index (κ2) is 8.94. The standard InChI is InChI=1S/C23H28O4/c1-14(2)7-6-8-16(5)9-10-17-11-12-18-19(13-17)21(25)22(20(18)24)27-23(26)15(3)4/h7,9,11-13,15,22H,6,8,10H2,1-5H3/b16-9+. The zero-order chi connectivity index (χ0) is 20.1. The number of fused-ring (bicyclic) bond motifs is 1. The van der Waals surface area contributed by atoms with E-state index < -0.39 is 23.6 Å². The summed E-state index contributed by atoms with van der Waals surface area (Å²) in [5, 5.41) is 0. The monoisotopic (exact) mass is 368 g/mol. The van der Waals surface area contributed by atoms with Gasteiger partial charge in [0.2, 0.25) is 17.7 Å². The van der Waals surface area contributed by atoms with Crippen molar-refractivity contribution in [3.63, 3.8) is 0 Å². The van der Waals surface area contributed by atoms with Crippen LogP contribution in [0.1, 0.15) is 73.7 Å². The van der Waals surface area contributed by atoms with Gasteiger partial charge in [-0.1, -0.05) is 49.3 Å². The Labute approximate surface area is 161 Å². The number of hydrogen-bond donors (Lipinski definition) is 0. The van der Waals surface area contributed by atoms with Crippen LogP contribution >= 0.6 is 0 Å². The van der Waals surface area contributed by atoms with Crippen LogP contribution in [0.15, 0.2) is 41.5 Å². The first-order chi connectivity index (χ1) is 12.7. The number of carbonyl (C=O) groups excluding carboxylic acids is 3. The van der Waals surface area contributed by atoms with Crippen LogP contribution in [-0.2, 0) is 16.0 Å². The van der Waals surface area contributed by atoms with Gasteiger partial charge >= 0.3 is 5.97 Å². The zero-order valence-corrected chi connectivity index (χ0v) is 16.8. The summed E-state index contributed by atoms with van der Waals surface area (Å²) in [5.41, 5.74) is 4.27. The molecular formula is C23H28O4. The van der Waals surface area contributed by atoms with Crippen molar-refractivity contribution in [3.05, 3.63) is 58.2 Å². The van der Waals surface area contributed by atoms with E-state index in [1.54, 1.807) is 26.0 Å². The number of allylic oxidation sites excluding steroid dienone is 4. The Morgan fingerprint density at radius 2 is 1.74 bits per heavy atom. The van der Waals surface area contributed by atoms with Crippen molar-refractivity contribution in [2.75, 3.05) is 0 Å². The lowest BCUT2D eigenvalue weighted by Crippen LogP contribution is -2.30. The fraction of sp³-hybridized carbons (Fsp3) is 0.435. The van der Waals surface area contributed by atoms with Gasteiger partial charge in [-0.3, -0.25) is 14.4 Å². The van der Waals surface area contributed by atoms with Crippen molar-refractivity contribution in [1.82, 2.24) is 0 Å². The molecule has 1 aliphatic rings. The molecule has 1 unspecified atom stereocenters. The summed E-state index contributed by atoms with van der Waals surface area (Å²) in [4.78, 5) is 36.7. The zero-order valence-electron chi connectivity index (χ0n) is 16.8. The Balaban J connectivity index is 2.09. The smallest absolute Gasteiger partial charge is 0.309 e. The third-order valence-corrected chi connectivity index (χ3v) is 4.57. The summed E-state index contributed by atoms with van der Waals surface area (Å²) in [6.45, 7) is 9.62. The third kappa shape index (κ3) is 5.25. The molecule has 0 fully saturated rings. The largest absolute Gasteiger partial charge is 0.445 e. The van der Waals surface area contributed by atoms with E-state index in [0.717, 1.165) is 18.4 Å². The van der Waals surface area contributed by atoms with Gasteiger partial charge in [-0.15, -0.1) is 0 Å². The van der Waals surface area contributed by atoms with Crippen LogP contribution < -0.4 is 0 Å². The van der Waals surface area contributed by atoms with Crippen molar-refractivity contribution >= 4 is 17.5 Å². The van der Waals surface area contributed by atoms with Crippen molar-refractivity contribution < 1.29 is 19.1 Å². The minimum Gasteiger partial charge on any atom is -0.445 e. The van der Waals surface area contributed by atoms with Gasteiger partial charge in [0.25, 0.3) is 0 Å². The number of Topliss-reactive ketones (excluding diaryl/α,β-unsaturated/α-hetero) is 2. The summed E-state index contributed by atoms with van der Waals surface area (Å²) < 4.78 is 5.13. The van der Waals surface area contributed by atoms with Crippen molar-refractivity contribution in [1.29, 1.82) is 0 Å². The van der Waals surface area contributed by atoms with E-state index in [1.807, 2.05) is 6.07 Å². The molecule has 4 heteroatoms. The maximum atomic E-state index is 12.5. The Morgan fingerprint density at radius 1 is 1.07 bits per heavy atom. The van der Waals surface area contributed by atoms with Crippen LogP contribution in [0.4, 0.5) is 0 Å². The second-order valence-corrected chi connectivity index (χ2v) is 7.65. The van der Waals surface area contributed by atoms with Crippen LogP contribution in [0, 0.1) is 5.92 Å². The number of esters is 1. The highest BCUT2D eigenvalue weighted by Crippen LogP contribution is 2.26. The molecule has 144 valence electrons. The minimum atomic E-state index is -1.33. The van der Waals surface area contributed by atoms with Crippen molar-refractivity contribution in [3.8, 4) is 0 Å². The molecule has 0 amide bonds. The molecule has 1 aromatic rings. The minimum absolute atomic E-state index is 0.342. The molecule has 0 aromatic heterocycles. The molecule has 0 aliphatic heterocycles. The number of benzene rings is 1. The maximum Gasteiger partial charge on any atom is 0.309 e. The van der Waals surface area contributed by atoms with Gasteiger partial charge < -0.3 is 4.74 Å². The number of ketones is 2. The highest BCUT2D eigenvalue weighted by Gasteiger charge is 2.41. The molecule has 27 heavy (non-hydrogen) atoms. The Hall–Kier alpha value is -2.49. The molecule has 0 saturated carbocycles. The van der Waals surface area contributed by atoms with Crippen molar-refractivity contribution in [2.45, 2.75) is 60.0 Å². The first kappa shape index (κ1) is 20.8. The second-order valence-electron chi connectivity index (χ2n) is 7.65. The molecule has 0 saturated heterocycles. The Morgan fingerprint density at radius 3 is 2.37 bits per heavy atom. The average Bonchev–Trinajstić information content (AvgIpc) is 2.84. The van der Waals surface area contributed by atoms with Gasteiger partial charge in [-0.05, 0) is 51.7 Å². The number of ether oxygens (including phenoxy) is 1. The molecule has 1 aliphatic carbocycles. The molecule has 0 radical (unpaired) electrons. The lowest BCUT2D eigenvalue weighted by atomic mass is 10.0. The van der Waals surface area contributed by atoms with E-state index in [-0.39, 0.29) is 5.92 Å². The van der Waals surface area contributed by atoms with E-state index in [0.29, 0.717) is 17.5 Å². The highest BCUT2D eigenvalue weighted by atomic mass is 16.6. The van der Waals surface area contributed by atoms with Crippen LogP contribution in [0.25, 0.3) is 0 Å². The van der Waals surface area contributed by atoms with Gasteiger partial charge in [0, 0.05) is 11.1 Å². The predicted octanol–water partition coefficient (Wildman–Crippen LogP) is 4.87. The molecule has 4 nitrogen and oxygen atoms in total. The quantitative estimate of drug-likeness (QED) is 0.391. The third-order valence-electron chi connectivity index (χ3n) is 4.57. The van der Waals surface area contributed by atoms with Crippen LogP contribution in [-0.4, -0.2) is 23.6 Å². The lowest BCUT2D eigenvalue weighted by molar-refractivity contribution is -0.148. The first-order valence-electron chi connectivity index (χ1n) is 9.41. The van der Waals surface area contributed by atoms with E-state index in [9.17, 15) is 14.4 Å². The van der Waals surface area contributed by atoms with Crippen molar-refractivity contribution in [2.24, 2.45) is 5.92 Å². The molecule has 2 rings (SSSR count). The molecule has 0 heterocycles. The van der Waals surface area contributed by atoms with Gasteiger partial charge in [0.1, 0.15) is 0 Å². The molecule has 0 bridgehead atoms. The molecular weight excluding hydrogens is 340 g/mol. The number of hydrogen-bond acceptors (Lipinski definition) is 4. The van der Waals surface area contributed by atoms with Crippen LogP contribution in [0.5, 0.6) is 0 Å². The van der Waals surface area contributed by atoms with Crippen LogP contribution in [0.3, 0.4) is 0 Å². The number of carbonyl (C=O) groups is 3. The summed E-state index contributed by atoms with van der Waals surface area (Å²) in [5.74, 6) is -1.77. The summed E-state index contributed by atoms with van der Waals surface area (Å²) in [6, 6.07) is 5.27. The maximum absolute atomic E-state index is 12.5. The summed E-state index contributed by atoms with van der Waals surface area (Å²) in [6.07, 6.45) is 5.76. The van der Waals surface area contributed by atoms with E-state index in [4.69, 9.17) is 4.74 Å². The van der Waals surface area contributed by atoms with Gasteiger partial charge in [0.05, 0.1) is 5.92 Å². The Bertz CT molecular complexity index is 808. The SMILES string of the molecule is CC(C)=CCC/C(C)=C/Cc1ccc2c(c1)C(=O)C(OC(=O)C(C)C)C2=O. The topological polar surface area (TPSA) is 60.4 Å². The summed E-state index contributed by atoms with van der Waals surface area (Å²) >= 11 is 0. The Kier molecular flexibility index (Phi) is 6.89. The average molecular weight is 368 g/mol. The lowest BCUT2D eigenvalue weighted by Gasteiger charge is -2.10. The fourth-order valence-corrected chi connectivity index (χ4v) is 2.88. The summed E-state index contributed by atoms with van der Waals surface area (Å²) in [7, 11) is 0. The van der Waals surface area contributed by atoms with E-state index in [2.05, 4.69) is 32.9 Å². The number of rotatable bonds is 7. The normalized spacial score (nSPS) is 16.5. The molecule has 1 atom stereocenters. The van der Waals surface area contributed by atoms with E-state index >= 15 is 0 Å². The molecule has 0 N–H and O–H groups in total.